The Morgan fingerprint density at radius 2 is 2.21 bits per heavy atom. The van der Waals surface area contributed by atoms with E-state index in [0.29, 0.717) is 0 Å². The van der Waals surface area contributed by atoms with Crippen LogP contribution >= 0.6 is 27.5 Å². The molecule has 0 aliphatic heterocycles. The number of rotatable bonds is 3. The van der Waals surface area contributed by atoms with E-state index >= 15 is 0 Å². The number of hydrogen-bond donors (Lipinski definition) is 2. The van der Waals surface area contributed by atoms with Crippen LogP contribution in [0.15, 0.2) is 4.47 Å². The predicted molar refractivity (Wildman–Crippen MR) is 52.9 cm³/mol. The van der Waals surface area contributed by atoms with Crippen molar-refractivity contribution in [3.63, 3.8) is 0 Å². The topological polar surface area (TPSA) is 96.7 Å². The molecule has 6 nitrogen and oxygen atoms in total. The second-order valence-electron chi connectivity index (χ2n) is 2.24. The minimum atomic E-state index is -4.53. The zero-order valence-electron chi connectivity index (χ0n) is 6.84. The normalized spacial score (nSPS) is 14.0. The van der Waals surface area contributed by atoms with Crippen molar-refractivity contribution in [2.45, 2.75) is 5.44 Å². The van der Waals surface area contributed by atoms with E-state index in [0.717, 1.165) is 11.5 Å². The van der Waals surface area contributed by atoms with Gasteiger partial charge in [-0.1, -0.05) is 0 Å². The lowest BCUT2D eigenvalue weighted by Crippen LogP contribution is -2.10. The molecule has 9 heteroatoms. The summed E-state index contributed by atoms with van der Waals surface area (Å²) in [6.45, 7) is 0. The van der Waals surface area contributed by atoms with Gasteiger partial charge in [-0.25, -0.2) is 0 Å². The molecule has 0 bridgehead atoms. The fourth-order valence-corrected chi connectivity index (χ4v) is 3.13. The molecule has 1 rings (SSSR count). The van der Waals surface area contributed by atoms with Crippen LogP contribution in [0, 0.1) is 0 Å². The van der Waals surface area contributed by atoms with Gasteiger partial charge in [0.1, 0.15) is 0 Å². The molecular formula is C5H6BrNO5S2. The Balaban J connectivity index is 3.15. The van der Waals surface area contributed by atoms with Crippen molar-refractivity contribution in [1.82, 2.24) is 4.37 Å². The SMILES string of the molecule is COc1nsc(C(O)S(=O)(=O)O)c1Br. The van der Waals surface area contributed by atoms with E-state index < -0.39 is 15.6 Å². The molecule has 14 heavy (non-hydrogen) atoms. The molecule has 0 amide bonds. The number of aliphatic hydroxyl groups is 1. The first kappa shape index (κ1) is 11.9. The summed E-state index contributed by atoms with van der Waals surface area (Å²) in [6, 6.07) is 0. The molecule has 0 spiro atoms. The van der Waals surface area contributed by atoms with Gasteiger partial charge in [0.05, 0.1) is 16.5 Å². The molecule has 0 aliphatic rings. The number of ether oxygens (including phenoxy) is 1. The van der Waals surface area contributed by atoms with Crippen LogP contribution in [0.4, 0.5) is 0 Å². The second-order valence-corrected chi connectivity index (χ2v) is 5.31. The van der Waals surface area contributed by atoms with Crippen molar-refractivity contribution in [3.05, 3.63) is 9.35 Å². The van der Waals surface area contributed by atoms with E-state index in [9.17, 15) is 13.5 Å². The number of aromatic nitrogens is 1. The summed E-state index contributed by atoms with van der Waals surface area (Å²) in [7, 11) is -3.18. The van der Waals surface area contributed by atoms with E-state index in [1.54, 1.807) is 0 Å². The number of methoxy groups -OCH3 is 1. The van der Waals surface area contributed by atoms with Gasteiger partial charge in [0.15, 0.2) is 0 Å². The van der Waals surface area contributed by atoms with E-state index in [1.807, 2.05) is 0 Å². The van der Waals surface area contributed by atoms with Crippen LogP contribution in [0.1, 0.15) is 10.3 Å². The Morgan fingerprint density at radius 1 is 1.64 bits per heavy atom. The standard InChI is InChI=1S/C5H6BrNO5S2/c1-12-4-2(6)3(13-7-4)5(8)14(9,10)11/h5,8H,1H3,(H,9,10,11). The summed E-state index contributed by atoms with van der Waals surface area (Å²) in [4.78, 5) is -0.0237. The fraction of sp³-hybridized carbons (Fsp3) is 0.400. The first-order valence-electron chi connectivity index (χ1n) is 3.21. The molecule has 1 unspecified atom stereocenters. The average Bonchev–Trinajstić information content (AvgIpc) is 2.43. The minimum Gasteiger partial charge on any atom is -0.480 e. The molecule has 0 radical (unpaired) electrons. The van der Waals surface area contributed by atoms with Crippen molar-refractivity contribution < 1.29 is 22.8 Å². The lowest BCUT2D eigenvalue weighted by molar-refractivity contribution is 0.241. The zero-order valence-corrected chi connectivity index (χ0v) is 10.1. The average molecular weight is 304 g/mol. The van der Waals surface area contributed by atoms with Crippen molar-refractivity contribution in [1.29, 1.82) is 0 Å². The maximum atomic E-state index is 10.6. The van der Waals surface area contributed by atoms with Gasteiger partial charge in [-0.2, -0.15) is 12.8 Å². The molecule has 0 fully saturated rings. The maximum Gasteiger partial charge on any atom is 0.297 e. The Morgan fingerprint density at radius 3 is 2.57 bits per heavy atom. The molecule has 0 aromatic carbocycles. The van der Waals surface area contributed by atoms with Crippen LogP contribution in [0.5, 0.6) is 5.88 Å². The zero-order chi connectivity index (χ0) is 10.9. The Hall–Kier alpha value is -0.220. The van der Waals surface area contributed by atoms with Gasteiger partial charge in [0, 0.05) is 0 Å². The van der Waals surface area contributed by atoms with Crippen molar-refractivity contribution in [2.24, 2.45) is 0 Å². The summed E-state index contributed by atoms with van der Waals surface area (Å²) in [5.74, 6) is 0.160. The number of nitrogens with zero attached hydrogens (tertiary/aromatic N) is 1. The van der Waals surface area contributed by atoms with Gasteiger partial charge in [-0.05, 0) is 27.5 Å². The van der Waals surface area contributed by atoms with Crippen LogP contribution in [0.25, 0.3) is 0 Å². The molecule has 0 saturated heterocycles. The second kappa shape index (κ2) is 4.11. The molecule has 1 aromatic heterocycles. The van der Waals surface area contributed by atoms with E-state index in [2.05, 4.69) is 20.3 Å². The lowest BCUT2D eigenvalue weighted by Gasteiger charge is -2.03. The number of aliphatic hydroxyl groups excluding tert-OH is 1. The molecule has 80 valence electrons. The minimum absolute atomic E-state index is 0.0237. The molecule has 0 saturated carbocycles. The third-order valence-electron chi connectivity index (χ3n) is 1.33. The predicted octanol–water partition coefficient (Wildman–Crippen LogP) is 0.793. The van der Waals surface area contributed by atoms with Crippen LogP contribution < -0.4 is 4.74 Å². The molecule has 1 aromatic rings. The highest BCUT2D eigenvalue weighted by Crippen LogP contribution is 2.36. The first-order chi connectivity index (χ1) is 6.38. The van der Waals surface area contributed by atoms with Crippen molar-refractivity contribution >= 4 is 37.6 Å². The maximum absolute atomic E-state index is 10.6. The summed E-state index contributed by atoms with van der Waals surface area (Å²) < 4.78 is 38.5. The van der Waals surface area contributed by atoms with Gasteiger partial charge in [0.25, 0.3) is 10.1 Å². The third-order valence-corrected chi connectivity index (χ3v) is 4.19. The Labute approximate surface area is 92.6 Å². The first-order valence-corrected chi connectivity index (χ1v) is 6.28. The van der Waals surface area contributed by atoms with E-state index in [1.165, 1.54) is 7.11 Å². The molecule has 2 N–H and O–H groups in total. The van der Waals surface area contributed by atoms with Crippen molar-refractivity contribution in [2.75, 3.05) is 7.11 Å². The lowest BCUT2D eigenvalue weighted by atomic mass is 10.5. The fourth-order valence-electron chi connectivity index (χ4n) is 0.692. The highest BCUT2D eigenvalue weighted by atomic mass is 79.9. The van der Waals surface area contributed by atoms with Gasteiger partial charge < -0.3 is 9.84 Å². The van der Waals surface area contributed by atoms with Crippen LogP contribution in [0.3, 0.4) is 0 Å². The van der Waals surface area contributed by atoms with Crippen molar-refractivity contribution in [3.8, 4) is 5.88 Å². The Bertz CT molecular complexity index is 427. The van der Waals surface area contributed by atoms with Gasteiger partial charge in [-0.15, -0.1) is 0 Å². The summed E-state index contributed by atoms with van der Waals surface area (Å²) >= 11 is 3.72. The number of halogens is 1. The van der Waals surface area contributed by atoms with Crippen LogP contribution in [-0.2, 0) is 10.1 Å². The summed E-state index contributed by atoms with van der Waals surface area (Å²) in [5.41, 5.74) is -2.00. The summed E-state index contributed by atoms with van der Waals surface area (Å²) in [6.07, 6.45) is 0. The Kier molecular flexibility index (Phi) is 3.48. The van der Waals surface area contributed by atoms with Gasteiger partial charge in [0.2, 0.25) is 11.3 Å². The molecule has 1 atom stereocenters. The third kappa shape index (κ3) is 2.23. The van der Waals surface area contributed by atoms with Gasteiger partial charge >= 0.3 is 0 Å². The molecule has 1 heterocycles. The van der Waals surface area contributed by atoms with E-state index in [4.69, 9.17) is 9.29 Å². The highest BCUT2D eigenvalue weighted by Gasteiger charge is 2.28. The van der Waals surface area contributed by atoms with Crippen LogP contribution in [-0.4, -0.2) is 29.6 Å². The number of hydrogen-bond acceptors (Lipinski definition) is 6. The van der Waals surface area contributed by atoms with Gasteiger partial charge in [-0.3, -0.25) is 4.55 Å². The summed E-state index contributed by atoms with van der Waals surface area (Å²) in [5, 5.41) is 9.19. The largest absolute Gasteiger partial charge is 0.480 e. The quantitative estimate of drug-likeness (QED) is 0.802. The molecule has 0 aliphatic carbocycles. The smallest absolute Gasteiger partial charge is 0.297 e. The monoisotopic (exact) mass is 303 g/mol. The van der Waals surface area contributed by atoms with E-state index in [-0.39, 0.29) is 15.2 Å². The highest BCUT2D eigenvalue weighted by molar-refractivity contribution is 9.10. The molecular weight excluding hydrogens is 298 g/mol. The van der Waals surface area contributed by atoms with Crippen LogP contribution in [0.2, 0.25) is 0 Å².